The van der Waals surface area contributed by atoms with Gasteiger partial charge >= 0.3 is 0 Å². The molecule has 3 N–H and O–H groups in total. The fourth-order valence-electron chi connectivity index (χ4n) is 4.48. The number of ether oxygens (including phenoxy) is 1. The van der Waals surface area contributed by atoms with Crippen molar-refractivity contribution in [2.24, 2.45) is 0 Å². The molecule has 1 amide bonds. The maximum atomic E-state index is 13.9. The zero-order chi connectivity index (χ0) is 20.1. The van der Waals surface area contributed by atoms with Gasteiger partial charge in [0.25, 0.3) is 5.91 Å². The number of H-pyrrole nitrogens is 2. The standard InChI is InChI=1S/C22H22FN3O3/c1-12-18(22(28)26-7-9-29-10-8-26)14-3-2-4-15(20(14)24-12)19-16-11-13(23)5-6-17(16)25-21(19)27/h4-6,11,24-25,27H,2-3,7-10H2,1H3. The fraction of sp³-hybridized carbons (Fsp3) is 0.318. The molecule has 0 bridgehead atoms. The van der Waals surface area contributed by atoms with Crippen LogP contribution >= 0.6 is 0 Å². The smallest absolute Gasteiger partial charge is 0.256 e. The first-order chi connectivity index (χ1) is 14.0. The van der Waals surface area contributed by atoms with Crippen molar-refractivity contribution in [2.45, 2.75) is 19.8 Å². The number of benzene rings is 1. The van der Waals surface area contributed by atoms with Gasteiger partial charge in [0.2, 0.25) is 0 Å². The van der Waals surface area contributed by atoms with E-state index in [0.29, 0.717) is 48.3 Å². The number of amides is 1. The van der Waals surface area contributed by atoms with Gasteiger partial charge < -0.3 is 24.7 Å². The van der Waals surface area contributed by atoms with E-state index in [4.69, 9.17) is 4.74 Å². The highest BCUT2D eigenvalue weighted by molar-refractivity contribution is 6.03. The van der Waals surface area contributed by atoms with Crippen LogP contribution in [0.25, 0.3) is 16.5 Å². The lowest BCUT2D eigenvalue weighted by atomic mass is 9.89. The molecule has 7 heteroatoms. The Hall–Kier alpha value is -3.06. The SMILES string of the molecule is Cc1[nH]c2c(c1C(=O)N1CCOCC1)CCC=C2c1c(O)[nH]c2ccc(F)cc12. The molecule has 150 valence electrons. The van der Waals surface area contributed by atoms with Gasteiger partial charge in [-0.05, 0) is 43.5 Å². The van der Waals surface area contributed by atoms with E-state index >= 15 is 0 Å². The van der Waals surface area contributed by atoms with Crippen molar-refractivity contribution in [3.05, 3.63) is 58.2 Å². The van der Waals surface area contributed by atoms with Gasteiger partial charge in [0.05, 0.1) is 30.0 Å². The summed E-state index contributed by atoms with van der Waals surface area (Å²) in [5.74, 6) is -0.350. The fourth-order valence-corrected chi connectivity index (χ4v) is 4.48. The first-order valence-corrected chi connectivity index (χ1v) is 9.84. The number of morpholine rings is 1. The van der Waals surface area contributed by atoms with Crippen LogP contribution in [0.4, 0.5) is 4.39 Å². The Morgan fingerprint density at radius 1 is 1.24 bits per heavy atom. The van der Waals surface area contributed by atoms with Crippen LogP contribution in [-0.2, 0) is 11.2 Å². The summed E-state index contributed by atoms with van der Waals surface area (Å²) in [7, 11) is 0. The van der Waals surface area contributed by atoms with E-state index in [9.17, 15) is 14.3 Å². The molecule has 2 aliphatic rings. The normalized spacial score (nSPS) is 16.8. The van der Waals surface area contributed by atoms with E-state index in [-0.39, 0.29) is 17.6 Å². The number of nitrogens with zero attached hydrogens (tertiary/aromatic N) is 1. The predicted molar refractivity (Wildman–Crippen MR) is 108 cm³/mol. The topological polar surface area (TPSA) is 81.3 Å². The molecule has 0 atom stereocenters. The number of aromatic nitrogens is 2. The maximum Gasteiger partial charge on any atom is 0.256 e. The molecule has 3 heterocycles. The summed E-state index contributed by atoms with van der Waals surface area (Å²) >= 11 is 0. The van der Waals surface area contributed by atoms with Crippen molar-refractivity contribution in [3.8, 4) is 5.88 Å². The van der Waals surface area contributed by atoms with Crippen molar-refractivity contribution in [2.75, 3.05) is 26.3 Å². The second-order valence-electron chi connectivity index (χ2n) is 7.58. The number of aromatic amines is 2. The van der Waals surface area contributed by atoms with Gasteiger partial charge in [0, 0.05) is 35.3 Å². The average Bonchev–Trinajstić information content (AvgIpc) is 3.23. The molecule has 1 aromatic carbocycles. The average molecular weight is 395 g/mol. The number of nitrogens with one attached hydrogen (secondary N) is 2. The van der Waals surface area contributed by atoms with Crippen molar-refractivity contribution in [1.82, 2.24) is 14.9 Å². The van der Waals surface area contributed by atoms with Gasteiger partial charge in [-0.3, -0.25) is 4.79 Å². The van der Waals surface area contributed by atoms with Gasteiger partial charge in [-0.1, -0.05) is 6.08 Å². The third-order valence-electron chi connectivity index (χ3n) is 5.83. The molecule has 0 spiro atoms. The van der Waals surface area contributed by atoms with Crippen LogP contribution < -0.4 is 0 Å². The molecule has 0 saturated carbocycles. The lowest BCUT2D eigenvalue weighted by Gasteiger charge is -2.27. The van der Waals surface area contributed by atoms with Gasteiger partial charge in [-0.2, -0.15) is 0 Å². The molecule has 0 unspecified atom stereocenters. The van der Waals surface area contributed by atoms with Gasteiger partial charge in [-0.25, -0.2) is 4.39 Å². The molecule has 5 rings (SSSR count). The molecular formula is C22H22FN3O3. The van der Waals surface area contributed by atoms with Crippen LogP contribution in [0.2, 0.25) is 0 Å². The third-order valence-corrected chi connectivity index (χ3v) is 5.83. The molecule has 1 aliphatic heterocycles. The Morgan fingerprint density at radius 3 is 2.83 bits per heavy atom. The van der Waals surface area contributed by atoms with Gasteiger partial charge in [0.1, 0.15) is 5.82 Å². The van der Waals surface area contributed by atoms with Crippen LogP contribution in [-0.4, -0.2) is 52.2 Å². The highest BCUT2D eigenvalue weighted by atomic mass is 19.1. The molecule has 1 fully saturated rings. The number of aromatic hydroxyl groups is 1. The molecule has 0 radical (unpaired) electrons. The number of hydrogen-bond acceptors (Lipinski definition) is 3. The zero-order valence-corrected chi connectivity index (χ0v) is 16.1. The number of halogens is 1. The Morgan fingerprint density at radius 2 is 2.03 bits per heavy atom. The molecule has 1 saturated heterocycles. The highest BCUT2D eigenvalue weighted by Crippen LogP contribution is 2.41. The first-order valence-electron chi connectivity index (χ1n) is 9.84. The number of rotatable bonds is 2. The van der Waals surface area contributed by atoms with Crippen molar-refractivity contribution in [3.63, 3.8) is 0 Å². The quantitative estimate of drug-likeness (QED) is 0.621. The Labute approximate surface area is 167 Å². The van der Waals surface area contributed by atoms with Crippen molar-refractivity contribution in [1.29, 1.82) is 0 Å². The summed E-state index contributed by atoms with van der Waals surface area (Å²) < 4.78 is 19.3. The Kier molecular flexibility index (Phi) is 4.20. The summed E-state index contributed by atoms with van der Waals surface area (Å²) in [6.07, 6.45) is 3.52. The van der Waals surface area contributed by atoms with Crippen LogP contribution in [0.1, 0.15) is 39.3 Å². The zero-order valence-electron chi connectivity index (χ0n) is 16.1. The lowest BCUT2D eigenvalue weighted by molar-refractivity contribution is 0.0302. The minimum Gasteiger partial charge on any atom is -0.494 e. The number of aryl methyl sites for hydroxylation is 1. The minimum absolute atomic E-state index is 0.00184. The number of carbonyl (C=O) groups is 1. The molecule has 1 aliphatic carbocycles. The molecule has 6 nitrogen and oxygen atoms in total. The number of carbonyl (C=O) groups excluding carboxylic acids is 1. The van der Waals surface area contributed by atoms with Crippen LogP contribution in [0, 0.1) is 12.7 Å². The molecule has 3 aromatic rings. The third kappa shape index (κ3) is 2.84. The lowest BCUT2D eigenvalue weighted by Crippen LogP contribution is -2.41. The van der Waals surface area contributed by atoms with Crippen molar-refractivity contribution >= 4 is 22.4 Å². The Balaban J connectivity index is 1.62. The molecule has 29 heavy (non-hydrogen) atoms. The van der Waals surface area contributed by atoms with Gasteiger partial charge in [0.15, 0.2) is 5.88 Å². The van der Waals surface area contributed by atoms with E-state index in [1.165, 1.54) is 12.1 Å². The van der Waals surface area contributed by atoms with Crippen molar-refractivity contribution < 1.29 is 19.0 Å². The summed E-state index contributed by atoms with van der Waals surface area (Å²) in [4.78, 5) is 21.3. The largest absolute Gasteiger partial charge is 0.494 e. The van der Waals surface area contributed by atoms with Crippen LogP contribution in [0.15, 0.2) is 24.3 Å². The summed E-state index contributed by atoms with van der Waals surface area (Å²) in [5.41, 5.74) is 5.33. The minimum atomic E-state index is -0.361. The second kappa shape index (κ2) is 6.77. The van der Waals surface area contributed by atoms with E-state index in [1.807, 2.05) is 17.9 Å². The number of hydrogen-bond donors (Lipinski definition) is 3. The van der Waals surface area contributed by atoms with Gasteiger partial charge in [-0.15, -0.1) is 0 Å². The van der Waals surface area contributed by atoms with E-state index in [1.54, 1.807) is 6.07 Å². The molecule has 2 aromatic heterocycles. The van der Waals surface area contributed by atoms with Crippen LogP contribution in [0.5, 0.6) is 5.88 Å². The number of fused-ring (bicyclic) bond motifs is 2. The molecular weight excluding hydrogens is 373 g/mol. The summed E-state index contributed by atoms with van der Waals surface area (Å²) in [6, 6.07) is 4.40. The number of allylic oxidation sites excluding steroid dienone is 1. The van der Waals surface area contributed by atoms with E-state index < -0.39 is 0 Å². The second-order valence-corrected chi connectivity index (χ2v) is 7.58. The summed E-state index contributed by atoms with van der Waals surface area (Å²) in [6.45, 7) is 4.18. The first kappa shape index (κ1) is 18.0. The van der Waals surface area contributed by atoms with E-state index in [2.05, 4.69) is 9.97 Å². The summed E-state index contributed by atoms with van der Waals surface area (Å²) in [5, 5.41) is 11.2. The monoisotopic (exact) mass is 395 g/mol. The maximum absolute atomic E-state index is 13.9. The van der Waals surface area contributed by atoms with Crippen LogP contribution in [0.3, 0.4) is 0 Å². The highest BCUT2D eigenvalue weighted by Gasteiger charge is 2.30. The predicted octanol–water partition coefficient (Wildman–Crippen LogP) is 3.50. The van der Waals surface area contributed by atoms with E-state index in [0.717, 1.165) is 35.4 Å². The Bertz CT molecular complexity index is 1150.